The maximum atomic E-state index is 15.4. The van der Waals surface area contributed by atoms with Gasteiger partial charge in [0.15, 0.2) is 0 Å². The van der Waals surface area contributed by atoms with Gasteiger partial charge in [-0.05, 0) is 61.3 Å². The Morgan fingerprint density at radius 3 is 2.62 bits per heavy atom. The zero-order valence-corrected chi connectivity index (χ0v) is 19.8. The number of hydrogen-bond donors (Lipinski definition) is 2. The van der Waals surface area contributed by atoms with Crippen molar-refractivity contribution in [3.8, 4) is 10.4 Å². The molecule has 2 heterocycles. The Balaban J connectivity index is 0.00000245. The van der Waals surface area contributed by atoms with Gasteiger partial charge in [0, 0.05) is 39.0 Å². The van der Waals surface area contributed by atoms with Crippen molar-refractivity contribution in [2.45, 2.75) is 58.5 Å². The summed E-state index contributed by atoms with van der Waals surface area (Å²) in [5.41, 5.74) is 8.53. The number of nitrogens with two attached hydrogens (primary N) is 1. The fraction of sp³-hybridized carbons (Fsp3) is 0.417. The summed E-state index contributed by atoms with van der Waals surface area (Å²) >= 11 is 1.53. The number of pyridine rings is 1. The second kappa shape index (κ2) is 7.68. The number of fused-ring (bicyclic) bond motifs is 2. The van der Waals surface area contributed by atoms with Crippen LogP contribution in [0.2, 0.25) is 0 Å². The molecule has 2 aliphatic carbocycles. The van der Waals surface area contributed by atoms with Crippen LogP contribution in [0.15, 0.2) is 23.1 Å². The maximum absolute atomic E-state index is 15.4. The summed E-state index contributed by atoms with van der Waals surface area (Å²) in [6.07, 6.45) is 5.16. The van der Waals surface area contributed by atoms with Gasteiger partial charge in [-0.1, -0.05) is 13.8 Å². The van der Waals surface area contributed by atoms with Crippen LogP contribution in [0.3, 0.4) is 0 Å². The SMILES string of the molecule is Cc1c(-c2cc3c(s2)C(N)C(C)(C)CC3)c(F)cc2c(=O)c(C(=O)O)cn(C3CC3)c12.Cl. The van der Waals surface area contributed by atoms with Crippen molar-refractivity contribution in [1.82, 2.24) is 4.57 Å². The van der Waals surface area contributed by atoms with Crippen LogP contribution in [0, 0.1) is 18.2 Å². The summed E-state index contributed by atoms with van der Waals surface area (Å²) in [4.78, 5) is 26.3. The third-order valence-corrected chi connectivity index (χ3v) is 8.21. The minimum absolute atomic E-state index is 0. The van der Waals surface area contributed by atoms with Crippen molar-refractivity contribution in [3.05, 3.63) is 55.9 Å². The van der Waals surface area contributed by atoms with E-state index < -0.39 is 17.2 Å². The molecule has 32 heavy (non-hydrogen) atoms. The Kier molecular flexibility index (Phi) is 5.51. The number of hydrogen-bond acceptors (Lipinski definition) is 4. The number of carbonyl (C=O) groups is 1. The molecule has 0 radical (unpaired) electrons. The molecule has 0 spiro atoms. The predicted octanol–water partition coefficient (Wildman–Crippen LogP) is 5.60. The van der Waals surface area contributed by atoms with E-state index in [-0.39, 0.29) is 40.9 Å². The van der Waals surface area contributed by atoms with Gasteiger partial charge in [-0.15, -0.1) is 23.7 Å². The average molecular weight is 477 g/mol. The number of thiophene rings is 1. The standard InChI is InChI=1S/C24H25FN2O3S.ClH/c1-11-18(17-8-12-6-7-24(2,3)22(26)21(12)31-17)16(25)9-14-19(11)27(13-4-5-13)10-15(20(14)28)23(29)30;/h8-10,13,22H,4-7,26H2,1-3H3,(H,29,30);1H. The first-order valence-corrected chi connectivity index (χ1v) is 11.4. The minimum atomic E-state index is -1.29. The number of aromatic carboxylic acids is 1. The zero-order valence-electron chi connectivity index (χ0n) is 18.2. The summed E-state index contributed by atoms with van der Waals surface area (Å²) in [6.45, 7) is 6.15. The Morgan fingerprint density at radius 1 is 1.31 bits per heavy atom. The lowest BCUT2D eigenvalue weighted by atomic mass is 9.74. The molecule has 1 fully saturated rings. The van der Waals surface area contributed by atoms with E-state index in [0.29, 0.717) is 16.6 Å². The molecule has 1 saturated carbocycles. The molecule has 0 saturated heterocycles. The zero-order chi connectivity index (χ0) is 22.2. The first-order chi connectivity index (χ1) is 14.6. The highest BCUT2D eigenvalue weighted by Gasteiger charge is 2.36. The number of aryl methyl sites for hydroxylation is 2. The molecule has 3 aromatic rings. The number of rotatable bonds is 3. The lowest BCUT2D eigenvalue weighted by molar-refractivity contribution is 0.0695. The van der Waals surface area contributed by atoms with Crippen molar-refractivity contribution in [1.29, 1.82) is 0 Å². The normalized spacial score (nSPS) is 19.5. The Morgan fingerprint density at radius 2 is 2.00 bits per heavy atom. The van der Waals surface area contributed by atoms with Crippen molar-refractivity contribution < 1.29 is 14.3 Å². The van der Waals surface area contributed by atoms with Crippen LogP contribution < -0.4 is 11.2 Å². The van der Waals surface area contributed by atoms with Crippen molar-refractivity contribution in [2.24, 2.45) is 11.1 Å². The molecular formula is C24H26ClFN2O3S. The summed E-state index contributed by atoms with van der Waals surface area (Å²) in [7, 11) is 0. The van der Waals surface area contributed by atoms with Gasteiger partial charge in [0.05, 0.1) is 5.52 Å². The van der Waals surface area contributed by atoms with E-state index in [0.717, 1.165) is 35.4 Å². The molecule has 1 unspecified atom stereocenters. The number of carboxylic acids is 1. The van der Waals surface area contributed by atoms with Gasteiger partial charge in [0.2, 0.25) is 5.43 Å². The Hall–Kier alpha value is -2.22. The Labute approximate surface area is 195 Å². The third-order valence-electron chi connectivity index (χ3n) is 6.93. The molecule has 0 aliphatic heterocycles. The number of nitrogens with zero attached hydrogens (tertiary/aromatic N) is 1. The lowest BCUT2D eigenvalue weighted by Crippen LogP contribution is -2.32. The van der Waals surface area contributed by atoms with Crippen LogP contribution >= 0.6 is 23.7 Å². The van der Waals surface area contributed by atoms with Crippen LogP contribution in [0.5, 0.6) is 0 Å². The average Bonchev–Trinajstić information content (AvgIpc) is 3.45. The van der Waals surface area contributed by atoms with E-state index in [1.54, 1.807) is 0 Å². The van der Waals surface area contributed by atoms with E-state index in [2.05, 4.69) is 13.8 Å². The molecule has 2 aromatic heterocycles. The molecule has 2 aliphatic rings. The minimum Gasteiger partial charge on any atom is -0.477 e. The first-order valence-electron chi connectivity index (χ1n) is 10.6. The van der Waals surface area contributed by atoms with E-state index in [1.165, 1.54) is 29.2 Å². The molecule has 170 valence electrons. The molecule has 1 atom stereocenters. The summed E-state index contributed by atoms with van der Waals surface area (Å²) in [5, 5.41) is 9.60. The Bertz CT molecular complexity index is 1320. The molecule has 8 heteroatoms. The van der Waals surface area contributed by atoms with Gasteiger partial charge >= 0.3 is 5.97 Å². The highest BCUT2D eigenvalue weighted by Crippen LogP contribution is 2.48. The molecule has 5 nitrogen and oxygen atoms in total. The number of carboxylic acid groups (broad SMARTS) is 1. The fourth-order valence-corrected chi connectivity index (χ4v) is 6.30. The summed E-state index contributed by atoms with van der Waals surface area (Å²) in [5.74, 6) is -1.79. The molecule has 0 amide bonds. The highest BCUT2D eigenvalue weighted by molar-refractivity contribution is 7.15. The van der Waals surface area contributed by atoms with Gasteiger partial charge in [0.1, 0.15) is 11.4 Å². The van der Waals surface area contributed by atoms with Gasteiger partial charge < -0.3 is 15.4 Å². The quantitative estimate of drug-likeness (QED) is 0.515. The lowest BCUT2D eigenvalue weighted by Gasteiger charge is -2.35. The predicted molar refractivity (Wildman–Crippen MR) is 128 cm³/mol. The fourth-order valence-electron chi connectivity index (χ4n) is 4.77. The smallest absolute Gasteiger partial charge is 0.341 e. The number of aromatic nitrogens is 1. The summed E-state index contributed by atoms with van der Waals surface area (Å²) < 4.78 is 17.3. The van der Waals surface area contributed by atoms with Crippen LogP contribution in [0.25, 0.3) is 21.3 Å². The van der Waals surface area contributed by atoms with Crippen molar-refractivity contribution in [2.75, 3.05) is 0 Å². The van der Waals surface area contributed by atoms with Gasteiger partial charge in [-0.2, -0.15) is 0 Å². The number of benzene rings is 1. The van der Waals surface area contributed by atoms with Crippen molar-refractivity contribution >= 4 is 40.6 Å². The third kappa shape index (κ3) is 3.38. The van der Waals surface area contributed by atoms with Gasteiger partial charge in [0.25, 0.3) is 0 Å². The molecule has 1 aromatic carbocycles. The largest absolute Gasteiger partial charge is 0.477 e. The van der Waals surface area contributed by atoms with E-state index in [4.69, 9.17) is 5.73 Å². The second-order valence-electron chi connectivity index (χ2n) is 9.54. The van der Waals surface area contributed by atoms with E-state index in [9.17, 15) is 14.7 Å². The monoisotopic (exact) mass is 476 g/mol. The van der Waals surface area contributed by atoms with Gasteiger partial charge in [-0.3, -0.25) is 4.79 Å². The highest BCUT2D eigenvalue weighted by atomic mass is 35.5. The van der Waals surface area contributed by atoms with Crippen LogP contribution in [-0.2, 0) is 6.42 Å². The molecule has 3 N–H and O–H groups in total. The van der Waals surface area contributed by atoms with E-state index >= 15 is 4.39 Å². The summed E-state index contributed by atoms with van der Waals surface area (Å²) in [6, 6.07) is 3.30. The van der Waals surface area contributed by atoms with Gasteiger partial charge in [-0.25, -0.2) is 9.18 Å². The van der Waals surface area contributed by atoms with E-state index in [1.807, 2.05) is 17.6 Å². The first kappa shape index (κ1) is 23.0. The molecule has 0 bridgehead atoms. The van der Waals surface area contributed by atoms with Crippen molar-refractivity contribution in [3.63, 3.8) is 0 Å². The second-order valence-corrected chi connectivity index (χ2v) is 10.6. The maximum Gasteiger partial charge on any atom is 0.341 e. The van der Waals surface area contributed by atoms with Crippen LogP contribution in [-0.4, -0.2) is 15.6 Å². The molecule has 5 rings (SSSR count). The van der Waals surface area contributed by atoms with Crippen LogP contribution in [0.1, 0.15) is 71.6 Å². The molecular weight excluding hydrogens is 451 g/mol. The number of halogens is 2. The van der Waals surface area contributed by atoms with Crippen LogP contribution in [0.4, 0.5) is 4.39 Å². The topological polar surface area (TPSA) is 85.3 Å².